The predicted octanol–water partition coefficient (Wildman–Crippen LogP) is 4.55. The maximum atomic E-state index is 13.5. The second-order valence-corrected chi connectivity index (χ2v) is 10.1. The molecule has 0 aliphatic carbocycles. The van der Waals surface area contributed by atoms with Crippen LogP contribution in [0.4, 0.5) is 11.4 Å². The molecule has 1 N–H and O–H groups in total. The minimum absolute atomic E-state index is 0.0449. The van der Waals surface area contributed by atoms with Gasteiger partial charge in [0.2, 0.25) is 5.91 Å². The third-order valence-electron chi connectivity index (χ3n) is 5.48. The van der Waals surface area contributed by atoms with Crippen LogP contribution in [0.3, 0.4) is 0 Å². The van der Waals surface area contributed by atoms with Crippen LogP contribution in [0, 0.1) is 6.92 Å². The van der Waals surface area contributed by atoms with E-state index < -0.39 is 22.5 Å². The third-order valence-corrected chi connectivity index (χ3v) is 7.25. The Morgan fingerprint density at radius 1 is 1.12 bits per heavy atom. The Labute approximate surface area is 200 Å². The number of benzene rings is 3. The Hall–Kier alpha value is -3.52. The van der Waals surface area contributed by atoms with E-state index in [4.69, 9.17) is 9.47 Å². The lowest BCUT2D eigenvalue weighted by atomic mass is 10.1. The van der Waals surface area contributed by atoms with Crippen molar-refractivity contribution in [1.29, 1.82) is 0 Å². The number of anilines is 2. The molecule has 0 aromatic heterocycles. The van der Waals surface area contributed by atoms with Crippen LogP contribution in [-0.2, 0) is 21.2 Å². The van der Waals surface area contributed by atoms with Crippen LogP contribution in [0.15, 0.2) is 71.6 Å². The summed E-state index contributed by atoms with van der Waals surface area (Å²) in [7, 11) is -3.98. The number of sulfonamides is 1. The molecule has 0 saturated carbocycles. The zero-order valence-electron chi connectivity index (χ0n) is 19.4. The Bertz CT molecular complexity index is 1290. The SMILES string of the molecule is CCOc1cc2c(cc1NC(=O)CN(c1ccccc1)S(=O)(=O)c1cccc(C)c1)O[C@H](C)C2. The van der Waals surface area contributed by atoms with Crippen molar-refractivity contribution in [2.75, 3.05) is 22.8 Å². The molecule has 1 aliphatic heterocycles. The first-order chi connectivity index (χ1) is 16.3. The van der Waals surface area contributed by atoms with E-state index in [1.54, 1.807) is 48.5 Å². The van der Waals surface area contributed by atoms with E-state index in [0.29, 0.717) is 29.5 Å². The first kappa shape index (κ1) is 23.6. The lowest BCUT2D eigenvalue weighted by Crippen LogP contribution is -2.38. The number of nitrogens with one attached hydrogen (secondary N) is 1. The number of carbonyl (C=O) groups excluding carboxylic acids is 1. The first-order valence-electron chi connectivity index (χ1n) is 11.2. The summed E-state index contributed by atoms with van der Waals surface area (Å²) in [6.07, 6.45) is 0.809. The van der Waals surface area contributed by atoms with E-state index in [1.807, 2.05) is 32.9 Å². The summed E-state index contributed by atoms with van der Waals surface area (Å²) in [6.45, 7) is 5.69. The van der Waals surface area contributed by atoms with Gasteiger partial charge in [-0.05, 0) is 56.7 Å². The highest BCUT2D eigenvalue weighted by Gasteiger charge is 2.28. The van der Waals surface area contributed by atoms with Crippen LogP contribution in [0.2, 0.25) is 0 Å². The number of carbonyl (C=O) groups is 1. The molecule has 178 valence electrons. The van der Waals surface area contributed by atoms with E-state index >= 15 is 0 Å². The fraction of sp³-hybridized carbons (Fsp3) is 0.269. The van der Waals surface area contributed by atoms with Gasteiger partial charge >= 0.3 is 0 Å². The number of hydrogen-bond acceptors (Lipinski definition) is 5. The van der Waals surface area contributed by atoms with E-state index in [1.165, 1.54) is 6.07 Å². The minimum Gasteiger partial charge on any atom is -0.492 e. The molecule has 3 aromatic rings. The largest absolute Gasteiger partial charge is 0.492 e. The summed E-state index contributed by atoms with van der Waals surface area (Å²) in [6, 6.07) is 18.8. The third kappa shape index (κ3) is 5.02. The van der Waals surface area contributed by atoms with E-state index in [0.717, 1.165) is 21.9 Å². The van der Waals surface area contributed by atoms with Crippen molar-refractivity contribution in [2.45, 2.75) is 38.2 Å². The number of nitrogens with zero attached hydrogens (tertiary/aromatic N) is 1. The molecule has 3 aromatic carbocycles. The van der Waals surface area contributed by atoms with Crippen LogP contribution in [0.1, 0.15) is 25.0 Å². The van der Waals surface area contributed by atoms with Crippen LogP contribution >= 0.6 is 0 Å². The fourth-order valence-corrected chi connectivity index (χ4v) is 5.47. The normalized spacial score (nSPS) is 14.7. The zero-order chi connectivity index (χ0) is 24.3. The molecule has 0 unspecified atom stereocenters. The van der Waals surface area contributed by atoms with E-state index in [2.05, 4.69) is 5.32 Å². The van der Waals surface area contributed by atoms with Crippen molar-refractivity contribution >= 4 is 27.3 Å². The number of rotatable bonds is 8. The average molecular weight is 481 g/mol. The molecular weight excluding hydrogens is 452 g/mol. The summed E-state index contributed by atoms with van der Waals surface area (Å²) in [5.74, 6) is 0.727. The smallest absolute Gasteiger partial charge is 0.264 e. The van der Waals surface area contributed by atoms with Crippen molar-refractivity contribution < 1.29 is 22.7 Å². The van der Waals surface area contributed by atoms with Gasteiger partial charge in [0.25, 0.3) is 10.0 Å². The predicted molar refractivity (Wildman–Crippen MR) is 132 cm³/mol. The molecule has 1 heterocycles. The molecule has 1 atom stereocenters. The number of amides is 1. The topological polar surface area (TPSA) is 84.9 Å². The highest BCUT2D eigenvalue weighted by Crippen LogP contribution is 2.38. The molecule has 0 radical (unpaired) electrons. The molecule has 7 nitrogen and oxygen atoms in total. The second kappa shape index (κ2) is 9.77. The van der Waals surface area contributed by atoms with E-state index in [-0.39, 0.29) is 11.0 Å². The molecule has 0 spiro atoms. The highest BCUT2D eigenvalue weighted by atomic mass is 32.2. The van der Waals surface area contributed by atoms with Gasteiger partial charge in [-0.25, -0.2) is 8.42 Å². The van der Waals surface area contributed by atoms with Gasteiger partial charge in [-0.2, -0.15) is 0 Å². The minimum atomic E-state index is -3.98. The molecule has 0 bridgehead atoms. The second-order valence-electron chi connectivity index (χ2n) is 8.23. The van der Waals surface area contributed by atoms with E-state index in [9.17, 15) is 13.2 Å². The molecule has 1 aliphatic rings. The van der Waals surface area contributed by atoms with Crippen LogP contribution in [-0.4, -0.2) is 33.6 Å². The first-order valence-corrected chi connectivity index (χ1v) is 12.6. The lowest BCUT2D eigenvalue weighted by molar-refractivity contribution is -0.114. The van der Waals surface area contributed by atoms with Gasteiger partial charge in [0.1, 0.15) is 24.1 Å². The lowest BCUT2D eigenvalue weighted by Gasteiger charge is -2.24. The summed E-state index contributed by atoms with van der Waals surface area (Å²) in [4.78, 5) is 13.3. The number of aryl methyl sites for hydroxylation is 1. The quantitative estimate of drug-likeness (QED) is 0.511. The molecule has 0 saturated heterocycles. The van der Waals surface area contributed by atoms with Crippen molar-refractivity contribution in [2.24, 2.45) is 0 Å². The number of ether oxygens (including phenoxy) is 2. The van der Waals surface area contributed by atoms with Gasteiger partial charge in [0.15, 0.2) is 0 Å². The van der Waals surface area contributed by atoms with Gasteiger partial charge in [-0.1, -0.05) is 30.3 Å². The summed E-state index contributed by atoms with van der Waals surface area (Å²) >= 11 is 0. The monoisotopic (exact) mass is 480 g/mol. The maximum absolute atomic E-state index is 13.5. The molecule has 0 fully saturated rings. The highest BCUT2D eigenvalue weighted by molar-refractivity contribution is 7.92. The molecule has 34 heavy (non-hydrogen) atoms. The number of para-hydroxylation sites is 1. The Morgan fingerprint density at radius 2 is 1.88 bits per heavy atom. The Morgan fingerprint density at radius 3 is 2.59 bits per heavy atom. The van der Waals surface area contributed by atoms with Crippen molar-refractivity contribution in [1.82, 2.24) is 0 Å². The average Bonchev–Trinajstić information content (AvgIpc) is 3.17. The molecule has 4 rings (SSSR count). The van der Waals surface area contributed by atoms with Crippen molar-refractivity contribution in [3.05, 3.63) is 77.9 Å². The van der Waals surface area contributed by atoms with Crippen LogP contribution in [0.5, 0.6) is 11.5 Å². The van der Waals surface area contributed by atoms with Gasteiger partial charge in [0, 0.05) is 18.1 Å². The summed E-state index contributed by atoms with van der Waals surface area (Å²) in [5, 5.41) is 2.83. The number of hydrogen-bond donors (Lipinski definition) is 1. The summed E-state index contributed by atoms with van der Waals surface area (Å²) < 4.78 is 39.7. The van der Waals surface area contributed by atoms with Gasteiger partial charge < -0.3 is 14.8 Å². The molecular formula is C26H28N2O5S. The van der Waals surface area contributed by atoms with Gasteiger partial charge in [-0.3, -0.25) is 9.10 Å². The zero-order valence-corrected chi connectivity index (χ0v) is 20.3. The fourth-order valence-electron chi connectivity index (χ4n) is 3.94. The van der Waals surface area contributed by atoms with Crippen molar-refractivity contribution in [3.8, 4) is 11.5 Å². The van der Waals surface area contributed by atoms with Gasteiger partial charge in [-0.15, -0.1) is 0 Å². The standard InChI is InChI=1S/C26H28N2O5S/c1-4-32-25-15-20-14-19(3)33-24(20)16-23(25)27-26(29)17-28(21-10-6-5-7-11-21)34(30,31)22-12-8-9-18(2)13-22/h5-13,15-16,19H,4,14,17H2,1-3H3,(H,27,29)/t19-/m1/s1. The van der Waals surface area contributed by atoms with Crippen LogP contribution < -0.4 is 19.1 Å². The maximum Gasteiger partial charge on any atom is 0.264 e. The summed E-state index contributed by atoms with van der Waals surface area (Å²) in [5.41, 5.74) is 2.67. The Kier molecular flexibility index (Phi) is 6.79. The molecule has 8 heteroatoms. The Balaban J connectivity index is 1.64. The van der Waals surface area contributed by atoms with Crippen molar-refractivity contribution in [3.63, 3.8) is 0 Å². The molecule has 1 amide bonds. The number of fused-ring (bicyclic) bond motifs is 1. The van der Waals surface area contributed by atoms with Crippen LogP contribution in [0.25, 0.3) is 0 Å². The van der Waals surface area contributed by atoms with Gasteiger partial charge in [0.05, 0.1) is 22.9 Å².